The summed E-state index contributed by atoms with van der Waals surface area (Å²) in [6, 6.07) is 0. The summed E-state index contributed by atoms with van der Waals surface area (Å²) in [5, 5.41) is 0. The van der Waals surface area contributed by atoms with E-state index < -0.39 is 0 Å². The van der Waals surface area contributed by atoms with Crippen molar-refractivity contribution in [3.63, 3.8) is 0 Å². The average Bonchev–Trinajstić information content (AvgIpc) is 1.91. The van der Waals surface area contributed by atoms with Gasteiger partial charge in [-0.2, -0.15) is 13.8 Å². The fourth-order valence-electron chi connectivity index (χ4n) is 0. The van der Waals surface area contributed by atoms with Crippen LogP contribution in [0.2, 0.25) is 0 Å². The molecule has 0 aliphatic heterocycles. The van der Waals surface area contributed by atoms with E-state index in [-0.39, 0.29) is 20.4 Å². The maximum Gasteiger partial charge on any atom is 2.00 e. The van der Waals surface area contributed by atoms with E-state index in [4.69, 9.17) is 21.1 Å². The summed E-state index contributed by atoms with van der Waals surface area (Å²) < 4.78 is 0. The Hall–Kier alpha value is -0.0777. The zero-order valence-electron chi connectivity index (χ0n) is 6.70. The van der Waals surface area contributed by atoms with Gasteiger partial charge in [0.25, 0.3) is 0 Å². The molecule has 0 saturated heterocycles. The minimum absolute atomic E-state index is 0. The van der Waals surface area contributed by atoms with Crippen LogP contribution >= 0.6 is 0 Å². The summed E-state index contributed by atoms with van der Waals surface area (Å²) in [6.07, 6.45) is 3.00. The molecule has 0 aromatic carbocycles. The molecule has 0 saturated carbocycles. The minimum atomic E-state index is 0. The van der Waals surface area contributed by atoms with Gasteiger partial charge in [0, 0.05) is 13.1 Å². The molecule has 0 atom stereocenters. The van der Waals surface area contributed by atoms with E-state index in [1.54, 1.807) is 0 Å². The molecule has 4 nitrogen and oxygen atoms in total. The molecule has 0 aliphatic carbocycles. The number of carbonyl (C=O) groups excluding carboxylic acids is 2. The molecule has 0 radical (unpaired) electrons. The number of nitrogens with two attached hydrogens (primary N) is 2. The zero-order chi connectivity index (χ0) is 8.83. The summed E-state index contributed by atoms with van der Waals surface area (Å²) in [6.45, 7) is 3.83. The van der Waals surface area contributed by atoms with Crippen LogP contribution in [0.15, 0.2) is 0 Å². The molecular weight excluding hydrogens is 238 g/mol. The molecule has 5 heteroatoms. The van der Waals surface area contributed by atoms with Crippen LogP contribution in [0, 0.1) is 0 Å². The molecule has 11 heavy (non-hydrogen) atoms. The predicted octanol–water partition coefficient (Wildman–Crippen LogP) is -0.867. The van der Waals surface area contributed by atoms with Crippen molar-refractivity contribution < 1.29 is 30.0 Å². The van der Waals surface area contributed by atoms with Gasteiger partial charge in [0.15, 0.2) is 0 Å². The first-order valence-electron chi connectivity index (χ1n) is 2.72. The van der Waals surface area contributed by atoms with Gasteiger partial charge in [-0.15, -0.1) is 0 Å². The summed E-state index contributed by atoms with van der Waals surface area (Å²) in [7, 11) is 0. The largest absolute Gasteiger partial charge is 2.00 e. The molecule has 0 heterocycles. The molecule has 0 bridgehead atoms. The Kier molecular flexibility index (Phi) is 105. The molecule has 0 aromatic heterocycles. The first kappa shape index (κ1) is 22.4. The zero-order valence-corrected chi connectivity index (χ0v) is 8.26. The van der Waals surface area contributed by atoms with E-state index in [1.165, 1.54) is 26.4 Å². The van der Waals surface area contributed by atoms with Crippen molar-refractivity contribution in [1.29, 1.82) is 0 Å². The second kappa shape index (κ2) is 51.3. The third-order valence-corrected chi connectivity index (χ3v) is 0.167. The van der Waals surface area contributed by atoms with Crippen molar-refractivity contribution in [2.75, 3.05) is 13.1 Å². The Morgan fingerprint density at radius 2 is 1.09 bits per heavy atom. The molecule has 0 aromatic rings. The predicted molar refractivity (Wildman–Crippen MR) is 40.8 cm³/mol. The second-order valence-electron chi connectivity index (χ2n) is 0.986. The number of hydrogen-bond donors (Lipinski definition) is 2. The van der Waals surface area contributed by atoms with Crippen LogP contribution in [0.25, 0.3) is 0 Å². The molecule has 0 rings (SSSR count). The third-order valence-electron chi connectivity index (χ3n) is 0.167. The van der Waals surface area contributed by atoms with E-state index in [1.807, 2.05) is 0 Å². The van der Waals surface area contributed by atoms with Crippen LogP contribution in [0.1, 0.15) is 13.8 Å². The Bertz CT molecular complexity index is 54.5. The van der Waals surface area contributed by atoms with Crippen LogP contribution in [0.4, 0.5) is 0 Å². The van der Waals surface area contributed by atoms with E-state index >= 15 is 0 Å². The first-order chi connectivity index (χ1) is 4.74. The van der Waals surface area contributed by atoms with Crippen LogP contribution in [-0.4, -0.2) is 25.7 Å². The van der Waals surface area contributed by atoms with Crippen LogP contribution in [0.5, 0.6) is 0 Å². The van der Waals surface area contributed by atoms with Gasteiger partial charge in [-0.1, -0.05) is 0 Å². The average molecular weight is 253 g/mol. The standard InChI is InChI=1S/C2H8N2.2C2H3O.Pd/c3-1-2-4;2*1-2-3;/h1-4H2;2*1H3;/q;2*-1;+2. The normalized spacial score (nSPS) is 5.09. The summed E-state index contributed by atoms with van der Waals surface area (Å²) in [5.41, 5.74) is 9.81. The van der Waals surface area contributed by atoms with Gasteiger partial charge in [-0.05, 0) is 0 Å². The monoisotopic (exact) mass is 252 g/mol. The maximum absolute atomic E-state index is 8.68. The van der Waals surface area contributed by atoms with E-state index in [0.717, 1.165) is 0 Å². The third kappa shape index (κ3) is 732. The smallest absolute Gasteiger partial charge is 0.542 e. The fourth-order valence-corrected chi connectivity index (χ4v) is 0. The van der Waals surface area contributed by atoms with Gasteiger partial charge in [-0.25, -0.2) is 0 Å². The summed E-state index contributed by atoms with van der Waals surface area (Å²) >= 11 is 0. The molecule has 0 spiro atoms. The van der Waals surface area contributed by atoms with Crippen LogP contribution < -0.4 is 11.5 Å². The van der Waals surface area contributed by atoms with Gasteiger partial charge in [0.2, 0.25) is 0 Å². The molecule has 0 aliphatic rings. The maximum atomic E-state index is 8.68. The van der Waals surface area contributed by atoms with Crippen molar-refractivity contribution in [3.05, 3.63) is 0 Å². The van der Waals surface area contributed by atoms with Crippen LogP contribution in [0.3, 0.4) is 0 Å². The topological polar surface area (TPSA) is 86.2 Å². The van der Waals surface area contributed by atoms with Gasteiger partial charge in [0.05, 0.1) is 0 Å². The van der Waals surface area contributed by atoms with E-state index in [2.05, 4.69) is 0 Å². The molecule has 70 valence electrons. The fraction of sp³-hybridized carbons (Fsp3) is 0.667. The first-order valence-corrected chi connectivity index (χ1v) is 2.72. The number of rotatable bonds is 1. The van der Waals surface area contributed by atoms with Gasteiger partial charge < -0.3 is 21.1 Å². The molecule has 0 amide bonds. The Balaban J connectivity index is -0.0000000325. The minimum Gasteiger partial charge on any atom is -0.542 e. The summed E-state index contributed by atoms with van der Waals surface area (Å²) in [5.74, 6) is 0. The second-order valence-corrected chi connectivity index (χ2v) is 0.986. The van der Waals surface area contributed by atoms with Crippen molar-refractivity contribution in [2.45, 2.75) is 13.8 Å². The van der Waals surface area contributed by atoms with Gasteiger partial charge in [-0.3, -0.25) is 12.6 Å². The molecule has 0 unspecified atom stereocenters. The van der Waals surface area contributed by atoms with Crippen molar-refractivity contribution in [1.82, 2.24) is 0 Å². The molecular formula is C6H14N2O2Pd. The molecule has 0 fully saturated rings. The number of hydrogen-bond acceptors (Lipinski definition) is 4. The van der Waals surface area contributed by atoms with E-state index in [9.17, 15) is 0 Å². The van der Waals surface area contributed by atoms with Crippen molar-refractivity contribution in [2.24, 2.45) is 11.5 Å². The Morgan fingerprint density at radius 1 is 1.00 bits per heavy atom. The Labute approximate surface area is 81.4 Å². The SMILES string of the molecule is C[C-]=O.C[C-]=O.NCCN.[Pd+2]. The summed E-state index contributed by atoms with van der Waals surface area (Å²) in [4.78, 5) is 17.4. The van der Waals surface area contributed by atoms with E-state index in [0.29, 0.717) is 13.1 Å². The van der Waals surface area contributed by atoms with Crippen molar-refractivity contribution in [3.8, 4) is 0 Å². The molecule has 4 N–H and O–H groups in total. The van der Waals surface area contributed by atoms with Gasteiger partial charge in [0.1, 0.15) is 0 Å². The van der Waals surface area contributed by atoms with Gasteiger partial charge >= 0.3 is 20.4 Å². The Morgan fingerprint density at radius 3 is 1.09 bits per heavy atom. The van der Waals surface area contributed by atoms with Crippen LogP contribution in [-0.2, 0) is 30.0 Å². The quantitative estimate of drug-likeness (QED) is 0.469. The van der Waals surface area contributed by atoms with Crippen molar-refractivity contribution >= 4 is 12.6 Å².